The fraction of sp³-hybridized carbons (Fsp3) is 1.00. The molecule has 140 valence electrons. The Bertz CT molecular complexity index is 360. The molecular weight excluding hydrogens is 300 g/mol. The van der Waals surface area contributed by atoms with Gasteiger partial charge in [-0.3, -0.25) is 0 Å². The molecule has 2 saturated heterocycles. The van der Waals surface area contributed by atoms with Gasteiger partial charge in [-0.1, -0.05) is 19.8 Å². The second kappa shape index (κ2) is 9.51. The lowest BCUT2D eigenvalue weighted by molar-refractivity contribution is 0.0505. The molecular formula is C20H38N2O2. The van der Waals surface area contributed by atoms with Gasteiger partial charge in [-0.05, 0) is 69.9 Å². The number of hydrogen-bond acceptors (Lipinski definition) is 4. The van der Waals surface area contributed by atoms with E-state index in [0.717, 1.165) is 32.0 Å². The van der Waals surface area contributed by atoms with Crippen molar-refractivity contribution in [3.63, 3.8) is 0 Å². The van der Waals surface area contributed by atoms with Crippen molar-refractivity contribution in [3.05, 3.63) is 0 Å². The molecule has 4 nitrogen and oxygen atoms in total. The van der Waals surface area contributed by atoms with Gasteiger partial charge in [0.2, 0.25) is 0 Å². The Morgan fingerprint density at radius 1 is 1.12 bits per heavy atom. The van der Waals surface area contributed by atoms with Gasteiger partial charge in [-0.2, -0.15) is 0 Å². The van der Waals surface area contributed by atoms with Crippen molar-refractivity contribution < 1.29 is 9.84 Å². The van der Waals surface area contributed by atoms with E-state index in [1.165, 1.54) is 64.5 Å². The second-order valence-corrected chi connectivity index (χ2v) is 8.48. The number of ether oxygens (including phenoxy) is 1. The first kappa shape index (κ1) is 18.6. The van der Waals surface area contributed by atoms with Crippen LogP contribution in [-0.2, 0) is 4.74 Å². The Morgan fingerprint density at radius 2 is 2.00 bits per heavy atom. The van der Waals surface area contributed by atoms with Crippen molar-refractivity contribution in [2.24, 2.45) is 11.8 Å². The van der Waals surface area contributed by atoms with Crippen LogP contribution in [0.5, 0.6) is 0 Å². The van der Waals surface area contributed by atoms with Crippen molar-refractivity contribution in [1.82, 2.24) is 10.2 Å². The third-order valence-corrected chi connectivity index (χ3v) is 6.50. The summed E-state index contributed by atoms with van der Waals surface area (Å²) in [5, 5.41) is 13.9. The third kappa shape index (κ3) is 5.42. The van der Waals surface area contributed by atoms with E-state index in [4.69, 9.17) is 4.74 Å². The molecule has 0 bridgehead atoms. The average molecular weight is 339 g/mol. The predicted molar refractivity (Wildman–Crippen MR) is 98.2 cm³/mol. The maximum atomic E-state index is 10.1. The largest absolute Gasteiger partial charge is 0.393 e. The van der Waals surface area contributed by atoms with Crippen molar-refractivity contribution >= 4 is 0 Å². The topological polar surface area (TPSA) is 44.7 Å². The minimum atomic E-state index is -0.0290. The summed E-state index contributed by atoms with van der Waals surface area (Å²) in [7, 11) is 0. The number of hydrogen-bond donors (Lipinski definition) is 2. The molecule has 0 amide bonds. The zero-order valence-electron chi connectivity index (χ0n) is 15.6. The number of aliphatic hydroxyl groups is 1. The van der Waals surface area contributed by atoms with Crippen LogP contribution in [0.2, 0.25) is 0 Å². The van der Waals surface area contributed by atoms with E-state index in [-0.39, 0.29) is 6.10 Å². The van der Waals surface area contributed by atoms with Crippen LogP contribution in [-0.4, -0.2) is 61.0 Å². The molecule has 0 radical (unpaired) electrons. The Hall–Kier alpha value is -0.160. The minimum absolute atomic E-state index is 0.0290. The fourth-order valence-corrected chi connectivity index (χ4v) is 4.95. The first-order chi connectivity index (χ1) is 11.7. The molecule has 2 N–H and O–H groups in total. The maximum absolute atomic E-state index is 10.1. The van der Waals surface area contributed by atoms with E-state index in [2.05, 4.69) is 17.1 Å². The van der Waals surface area contributed by atoms with E-state index in [1.807, 2.05) is 0 Å². The third-order valence-electron chi connectivity index (χ3n) is 6.50. The van der Waals surface area contributed by atoms with Crippen molar-refractivity contribution in [3.8, 4) is 0 Å². The number of piperidine rings is 1. The molecule has 1 saturated carbocycles. The first-order valence-corrected chi connectivity index (χ1v) is 10.5. The van der Waals surface area contributed by atoms with Gasteiger partial charge in [0.25, 0.3) is 0 Å². The second-order valence-electron chi connectivity index (χ2n) is 8.48. The van der Waals surface area contributed by atoms with Crippen LogP contribution >= 0.6 is 0 Å². The highest BCUT2D eigenvalue weighted by molar-refractivity contribution is 4.84. The maximum Gasteiger partial charge on any atom is 0.0702 e. The summed E-state index contributed by atoms with van der Waals surface area (Å²) < 4.78 is 5.79. The van der Waals surface area contributed by atoms with Crippen LogP contribution in [0.1, 0.15) is 64.7 Å². The zero-order chi connectivity index (χ0) is 16.8. The molecule has 0 aromatic carbocycles. The number of rotatable bonds is 7. The highest BCUT2D eigenvalue weighted by atomic mass is 16.5. The van der Waals surface area contributed by atoms with E-state index in [0.29, 0.717) is 18.1 Å². The smallest absolute Gasteiger partial charge is 0.0702 e. The molecule has 3 fully saturated rings. The molecule has 0 aromatic rings. The lowest BCUT2D eigenvalue weighted by Gasteiger charge is -2.38. The van der Waals surface area contributed by atoms with Gasteiger partial charge in [-0.25, -0.2) is 0 Å². The molecule has 2 heterocycles. The minimum Gasteiger partial charge on any atom is -0.393 e. The summed E-state index contributed by atoms with van der Waals surface area (Å²) in [4.78, 5) is 2.61. The van der Waals surface area contributed by atoms with Crippen molar-refractivity contribution in [2.75, 3.05) is 32.8 Å². The van der Waals surface area contributed by atoms with Crippen LogP contribution in [0.25, 0.3) is 0 Å². The average Bonchev–Trinajstić information content (AvgIpc) is 3.08. The van der Waals surface area contributed by atoms with Gasteiger partial charge in [-0.15, -0.1) is 0 Å². The molecule has 24 heavy (non-hydrogen) atoms. The van der Waals surface area contributed by atoms with E-state index < -0.39 is 0 Å². The molecule has 5 atom stereocenters. The van der Waals surface area contributed by atoms with E-state index in [9.17, 15) is 5.11 Å². The van der Waals surface area contributed by atoms with E-state index in [1.54, 1.807) is 0 Å². The molecule has 3 rings (SSSR count). The Kier molecular flexibility index (Phi) is 7.38. The summed E-state index contributed by atoms with van der Waals surface area (Å²) in [6.07, 6.45) is 11.4. The summed E-state index contributed by atoms with van der Waals surface area (Å²) in [5.74, 6) is 1.28. The molecule has 3 aliphatic rings. The molecule has 1 aliphatic carbocycles. The van der Waals surface area contributed by atoms with Crippen LogP contribution in [0.15, 0.2) is 0 Å². The highest BCUT2D eigenvalue weighted by Crippen LogP contribution is 2.28. The van der Waals surface area contributed by atoms with Crippen LogP contribution in [0.3, 0.4) is 0 Å². The van der Waals surface area contributed by atoms with Crippen LogP contribution < -0.4 is 5.32 Å². The SMILES string of the molecule is CC1CN(CC2CCCO2)CCC1NCCCC1CCCCC1O. The van der Waals surface area contributed by atoms with Gasteiger partial charge in [0, 0.05) is 25.7 Å². The summed E-state index contributed by atoms with van der Waals surface area (Å²) in [6.45, 7) is 8.03. The molecule has 2 aliphatic heterocycles. The quantitative estimate of drug-likeness (QED) is 0.701. The lowest BCUT2D eigenvalue weighted by Crippen LogP contribution is -2.50. The summed E-state index contributed by atoms with van der Waals surface area (Å²) in [5.41, 5.74) is 0. The Balaban J connectivity index is 1.29. The molecule has 4 heteroatoms. The Labute approximate surface area is 148 Å². The number of likely N-dealkylation sites (tertiary alicyclic amines) is 1. The van der Waals surface area contributed by atoms with Gasteiger partial charge in [0.05, 0.1) is 12.2 Å². The first-order valence-electron chi connectivity index (χ1n) is 10.5. The van der Waals surface area contributed by atoms with Gasteiger partial charge in [0.1, 0.15) is 0 Å². The standard InChI is InChI=1S/C20H38N2O2/c1-16-14-22(15-18-8-5-13-24-18)12-10-19(16)21-11-4-7-17-6-2-3-9-20(17)23/h16-21,23H,2-15H2,1H3. The van der Waals surface area contributed by atoms with Crippen molar-refractivity contribution in [2.45, 2.75) is 83.0 Å². The molecule has 5 unspecified atom stereocenters. The lowest BCUT2D eigenvalue weighted by atomic mass is 9.83. The van der Waals surface area contributed by atoms with Gasteiger partial charge < -0.3 is 20.1 Å². The van der Waals surface area contributed by atoms with Crippen molar-refractivity contribution in [1.29, 1.82) is 0 Å². The molecule has 0 spiro atoms. The normalized spacial score (nSPS) is 38.5. The van der Waals surface area contributed by atoms with Gasteiger partial charge >= 0.3 is 0 Å². The number of aliphatic hydroxyl groups excluding tert-OH is 1. The highest BCUT2D eigenvalue weighted by Gasteiger charge is 2.28. The zero-order valence-corrected chi connectivity index (χ0v) is 15.6. The number of nitrogens with one attached hydrogen (secondary N) is 1. The van der Waals surface area contributed by atoms with Crippen LogP contribution in [0.4, 0.5) is 0 Å². The Morgan fingerprint density at radius 3 is 2.75 bits per heavy atom. The molecule has 0 aromatic heterocycles. The van der Waals surface area contributed by atoms with Gasteiger partial charge in [0.15, 0.2) is 0 Å². The monoisotopic (exact) mass is 338 g/mol. The fourth-order valence-electron chi connectivity index (χ4n) is 4.95. The summed E-state index contributed by atoms with van der Waals surface area (Å²) >= 11 is 0. The van der Waals surface area contributed by atoms with Crippen LogP contribution in [0, 0.1) is 11.8 Å². The van der Waals surface area contributed by atoms with E-state index >= 15 is 0 Å². The summed E-state index contributed by atoms with van der Waals surface area (Å²) in [6, 6.07) is 0.669. The predicted octanol–water partition coefficient (Wildman–Crippen LogP) is 2.80. The number of nitrogens with zero attached hydrogens (tertiary/aromatic N) is 1.